The Bertz CT molecular complexity index is 692. The van der Waals surface area contributed by atoms with E-state index in [0.29, 0.717) is 5.69 Å². The molecule has 0 amide bonds. The number of hydrogen-bond donors (Lipinski definition) is 1. The van der Waals surface area contributed by atoms with Crippen LogP contribution in [0.25, 0.3) is 0 Å². The van der Waals surface area contributed by atoms with E-state index < -0.39 is 11.7 Å². The maximum Gasteiger partial charge on any atom is 0.416 e. The van der Waals surface area contributed by atoms with Gasteiger partial charge in [0.1, 0.15) is 0 Å². The average Bonchev–Trinajstić information content (AvgIpc) is 2.40. The minimum Gasteiger partial charge on any atom is -0.275 e. The molecule has 8 heteroatoms. The normalized spacial score (nSPS) is 11.9. The molecular weight excluding hydrogens is 338 g/mol. The van der Waals surface area contributed by atoms with Gasteiger partial charge in [0.15, 0.2) is 0 Å². The Morgan fingerprint density at radius 2 is 1.82 bits per heavy atom. The predicted octanol–water partition coefficient (Wildman–Crippen LogP) is 5.16. The van der Waals surface area contributed by atoms with Gasteiger partial charge in [-0.1, -0.05) is 29.3 Å². The van der Waals surface area contributed by atoms with Gasteiger partial charge in [-0.3, -0.25) is 10.4 Å². The number of anilines is 1. The third-order valence-electron chi connectivity index (χ3n) is 2.65. The Labute approximate surface area is 134 Å². The highest BCUT2D eigenvalue weighted by atomic mass is 35.5. The zero-order chi connectivity index (χ0) is 16.3. The van der Waals surface area contributed by atoms with Gasteiger partial charge in [-0.15, -0.1) is 0 Å². The fraction of sp³-hybridized carbons (Fsp3) is 0.143. The largest absolute Gasteiger partial charge is 0.416 e. The van der Waals surface area contributed by atoms with Crippen LogP contribution in [-0.4, -0.2) is 11.2 Å². The molecule has 22 heavy (non-hydrogen) atoms. The monoisotopic (exact) mass is 347 g/mol. The fourth-order valence-electron chi connectivity index (χ4n) is 1.64. The molecule has 0 aliphatic heterocycles. The summed E-state index contributed by atoms with van der Waals surface area (Å²) < 4.78 is 37.8. The molecule has 1 heterocycles. The Morgan fingerprint density at radius 3 is 2.36 bits per heavy atom. The van der Waals surface area contributed by atoms with Gasteiger partial charge >= 0.3 is 6.18 Å². The van der Waals surface area contributed by atoms with E-state index in [0.717, 1.165) is 17.8 Å². The summed E-state index contributed by atoms with van der Waals surface area (Å²) >= 11 is 11.6. The lowest BCUT2D eigenvalue weighted by atomic mass is 10.2. The summed E-state index contributed by atoms with van der Waals surface area (Å²) in [5, 5.41) is 3.53. The van der Waals surface area contributed by atoms with Crippen LogP contribution in [0.1, 0.15) is 17.0 Å². The van der Waals surface area contributed by atoms with Gasteiger partial charge in [-0.25, -0.2) is 0 Å². The number of aryl methyl sites for hydroxylation is 1. The van der Waals surface area contributed by atoms with Crippen molar-refractivity contribution in [3.63, 3.8) is 0 Å². The summed E-state index contributed by atoms with van der Waals surface area (Å²) in [5.41, 5.74) is 3.11. The molecule has 116 valence electrons. The highest BCUT2D eigenvalue weighted by Crippen LogP contribution is 2.38. The van der Waals surface area contributed by atoms with Crippen molar-refractivity contribution in [1.82, 2.24) is 4.98 Å². The van der Waals surface area contributed by atoms with Crippen LogP contribution in [0.4, 0.5) is 18.9 Å². The van der Waals surface area contributed by atoms with E-state index in [1.165, 1.54) is 6.21 Å². The number of alkyl halides is 3. The maximum absolute atomic E-state index is 12.6. The van der Waals surface area contributed by atoms with Crippen molar-refractivity contribution < 1.29 is 13.2 Å². The highest BCUT2D eigenvalue weighted by molar-refractivity contribution is 6.39. The van der Waals surface area contributed by atoms with Crippen molar-refractivity contribution in [3.05, 3.63) is 57.3 Å². The van der Waals surface area contributed by atoms with E-state index in [9.17, 15) is 13.2 Å². The van der Waals surface area contributed by atoms with Crippen LogP contribution in [0.5, 0.6) is 0 Å². The number of hydrogen-bond acceptors (Lipinski definition) is 3. The number of halogens is 5. The molecule has 1 N–H and O–H groups in total. The van der Waals surface area contributed by atoms with E-state index in [2.05, 4.69) is 15.5 Å². The van der Waals surface area contributed by atoms with Gasteiger partial charge in [-0.2, -0.15) is 18.3 Å². The molecule has 0 aliphatic rings. The van der Waals surface area contributed by atoms with Gasteiger partial charge in [0.05, 0.1) is 33.2 Å². The lowest BCUT2D eigenvalue weighted by Gasteiger charge is -2.11. The Hall–Kier alpha value is -1.79. The van der Waals surface area contributed by atoms with Crippen LogP contribution in [0.2, 0.25) is 10.0 Å². The molecule has 0 saturated carbocycles. The molecule has 0 fully saturated rings. The van der Waals surface area contributed by atoms with Crippen LogP contribution in [0.15, 0.2) is 35.4 Å². The van der Waals surface area contributed by atoms with Crippen molar-refractivity contribution in [3.8, 4) is 0 Å². The number of aromatic nitrogens is 1. The first-order chi connectivity index (χ1) is 10.3. The summed E-state index contributed by atoms with van der Waals surface area (Å²) in [7, 11) is 0. The molecule has 2 rings (SSSR count). The number of hydrazone groups is 1. The first-order valence-electron chi connectivity index (χ1n) is 6.06. The van der Waals surface area contributed by atoms with Gasteiger partial charge in [0, 0.05) is 5.69 Å². The molecule has 3 nitrogen and oxygen atoms in total. The lowest BCUT2D eigenvalue weighted by molar-refractivity contribution is -0.137. The number of pyridine rings is 1. The number of nitrogens with one attached hydrogen (secondary N) is 1. The summed E-state index contributed by atoms with van der Waals surface area (Å²) in [6, 6.07) is 6.94. The van der Waals surface area contributed by atoms with E-state index in [1.54, 1.807) is 6.07 Å². The molecule has 0 unspecified atom stereocenters. The zero-order valence-electron chi connectivity index (χ0n) is 11.2. The Kier molecular flexibility index (Phi) is 4.93. The molecule has 0 atom stereocenters. The quantitative estimate of drug-likeness (QED) is 0.614. The fourth-order valence-corrected chi connectivity index (χ4v) is 2.21. The van der Waals surface area contributed by atoms with Crippen LogP contribution >= 0.6 is 23.2 Å². The standard InChI is InChI=1S/C14H10Cl2F3N3/c1-8-3-2-4-10(21-8)7-20-22-13-11(15)5-9(6-12(13)16)14(17,18)19/h2-7,22H,1H3. The number of nitrogens with zero attached hydrogens (tertiary/aromatic N) is 2. The van der Waals surface area contributed by atoms with Crippen LogP contribution in [-0.2, 0) is 6.18 Å². The predicted molar refractivity (Wildman–Crippen MR) is 81.7 cm³/mol. The molecule has 0 saturated heterocycles. The van der Waals surface area contributed by atoms with Gasteiger partial charge < -0.3 is 0 Å². The minimum atomic E-state index is -4.51. The SMILES string of the molecule is Cc1cccc(C=NNc2c(Cl)cc(C(F)(F)F)cc2Cl)n1. The van der Waals surface area contributed by atoms with Gasteiger partial charge in [0.2, 0.25) is 0 Å². The van der Waals surface area contributed by atoms with E-state index in [-0.39, 0.29) is 15.7 Å². The zero-order valence-corrected chi connectivity index (χ0v) is 12.8. The summed E-state index contributed by atoms with van der Waals surface area (Å²) in [5.74, 6) is 0. The second-order valence-electron chi connectivity index (χ2n) is 4.39. The average molecular weight is 348 g/mol. The van der Waals surface area contributed by atoms with Crippen LogP contribution in [0, 0.1) is 6.92 Å². The summed E-state index contributed by atoms with van der Waals surface area (Å²) in [6.45, 7) is 1.83. The molecular formula is C14H10Cl2F3N3. The molecule has 1 aromatic carbocycles. The second kappa shape index (κ2) is 6.54. The van der Waals surface area contributed by atoms with E-state index in [4.69, 9.17) is 23.2 Å². The van der Waals surface area contributed by atoms with E-state index in [1.807, 2.05) is 19.1 Å². The van der Waals surface area contributed by atoms with Crippen LogP contribution in [0.3, 0.4) is 0 Å². The number of benzene rings is 1. The van der Waals surface area contributed by atoms with Crippen molar-refractivity contribution in [2.24, 2.45) is 5.10 Å². The topological polar surface area (TPSA) is 37.3 Å². The minimum absolute atomic E-state index is 0.0974. The molecule has 1 aromatic heterocycles. The molecule has 0 bridgehead atoms. The lowest BCUT2D eigenvalue weighted by Crippen LogP contribution is -2.05. The Morgan fingerprint density at radius 1 is 1.18 bits per heavy atom. The molecule has 0 radical (unpaired) electrons. The van der Waals surface area contributed by atoms with Crippen LogP contribution < -0.4 is 5.43 Å². The van der Waals surface area contributed by atoms with E-state index >= 15 is 0 Å². The first-order valence-corrected chi connectivity index (χ1v) is 6.82. The highest BCUT2D eigenvalue weighted by Gasteiger charge is 2.32. The number of rotatable bonds is 3. The smallest absolute Gasteiger partial charge is 0.275 e. The van der Waals surface area contributed by atoms with Crippen molar-refractivity contribution in [1.29, 1.82) is 0 Å². The maximum atomic E-state index is 12.6. The first kappa shape index (κ1) is 16.6. The molecule has 0 spiro atoms. The summed E-state index contributed by atoms with van der Waals surface area (Å²) in [4.78, 5) is 4.19. The molecule has 0 aliphatic carbocycles. The summed E-state index contributed by atoms with van der Waals surface area (Å²) in [6.07, 6.45) is -3.10. The molecule has 2 aromatic rings. The van der Waals surface area contributed by atoms with Crippen molar-refractivity contribution in [2.45, 2.75) is 13.1 Å². The van der Waals surface area contributed by atoms with Gasteiger partial charge in [-0.05, 0) is 31.2 Å². The van der Waals surface area contributed by atoms with Crippen molar-refractivity contribution >= 4 is 35.1 Å². The third-order valence-corrected chi connectivity index (χ3v) is 3.25. The second-order valence-corrected chi connectivity index (χ2v) is 5.20. The Balaban J connectivity index is 2.20. The van der Waals surface area contributed by atoms with Gasteiger partial charge in [0.25, 0.3) is 0 Å². The third kappa shape index (κ3) is 4.11. The van der Waals surface area contributed by atoms with Crippen molar-refractivity contribution in [2.75, 3.05) is 5.43 Å².